The third kappa shape index (κ3) is 2.65. The fourth-order valence-corrected chi connectivity index (χ4v) is 1.88. The van der Waals surface area contributed by atoms with E-state index in [-0.39, 0.29) is 11.8 Å². The Kier molecular flexibility index (Phi) is 3.14. The van der Waals surface area contributed by atoms with Crippen LogP contribution in [0.3, 0.4) is 0 Å². The molecule has 1 amide bonds. The maximum atomic E-state index is 12.0. The first kappa shape index (κ1) is 11.7. The first-order valence-corrected chi connectivity index (χ1v) is 5.93. The van der Waals surface area contributed by atoms with Gasteiger partial charge in [-0.3, -0.25) is 4.79 Å². The number of nitrogens with one attached hydrogen (secondary N) is 1. The van der Waals surface area contributed by atoms with Crippen LogP contribution in [0.2, 0.25) is 0 Å². The first-order valence-electron chi connectivity index (χ1n) is 5.93. The van der Waals surface area contributed by atoms with Crippen molar-refractivity contribution in [3.63, 3.8) is 0 Å². The predicted octanol–water partition coefficient (Wildman–Crippen LogP) is 2.85. The predicted molar refractivity (Wildman–Crippen MR) is 66.4 cm³/mol. The summed E-state index contributed by atoms with van der Waals surface area (Å²) in [5, 5.41) is 11.7. The molecular weight excluding hydrogens is 212 g/mol. The fourth-order valence-electron chi connectivity index (χ4n) is 1.88. The Morgan fingerprint density at radius 3 is 2.82 bits per heavy atom. The molecule has 0 aliphatic heterocycles. The third-order valence-electron chi connectivity index (χ3n) is 3.37. The number of benzene rings is 1. The highest BCUT2D eigenvalue weighted by atomic mass is 16.1. The maximum Gasteiger partial charge on any atom is 0.227 e. The van der Waals surface area contributed by atoms with Gasteiger partial charge in [-0.05, 0) is 43.4 Å². The van der Waals surface area contributed by atoms with E-state index in [1.807, 2.05) is 19.9 Å². The van der Waals surface area contributed by atoms with Crippen LogP contribution in [0.25, 0.3) is 0 Å². The molecule has 1 aromatic rings. The molecule has 0 spiro atoms. The van der Waals surface area contributed by atoms with Gasteiger partial charge < -0.3 is 5.32 Å². The molecule has 0 aromatic heterocycles. The van der Waals surface area contributed by atoms with E-state index < -0.39 is 0 Å². The van der Waals surface area contributed by atoms with Gasteiger partial charge in [0.15, 0.2) is 0 Å². The number of carbonyl (C=O) groups is 1. The van der Waals surface area contributed by atoms with Crippen LogP contribution in [0.5, 0.6) is 0 Å². The average Bonchev–Trinajstić information content (AvgIpc) is 3.15. The Bertz CT molecular complexity index is 483. The number of rotatable bonds is 3. The van der Waals surface area contributed by atoms with Crippen LogP contribution in [0.1, 0.15) is 30.9 Å². The molecule has 1 atom stereocenters. The number of nitriles is 1. The lowest BCUT2D eigenvalue weighted by Gasteiger charge is -2.13. The molecular formula is C14H16N2O. The summed E-state index contributed by atoms with van der Waals surface area (Å²) in [6.45, 7) is 3.90. The fraction of sp³-hybridized carbons (Fsp3) is 0.429. The number of amides is 1. The molecule has 88 valence electrons. The summed E-state index contributed by atoms with van der Waals surface area (Å²) in [5.74, 6) is 0.681. The van der Waals surface area contributed by atoms with Crippen molar-refractivity contribution < 1.29 is 4.79 Å². The molecule has 2 rings (SSSR count). The Morgan fingerprint density at radius 1 is 1.53 bits per heavy atom. The van der Waals surface area contributed by atoms with Crippen molar-refractivity contribution in [1.82, 2.24) is 0 Å². The maximum absolute atomic E-state index is 12.0. The van der Waals surface area contributed by atoms with Gasteiger partial charge >= 0.3 is 0 Å². The van der Waals surface area contributed by atoms with Gasteiger partial charge in [-0.25, -0.2) is 0 Å². The monoisotopic (exact) mass is 228 g/mol. The smallest absolute Gasteiger partial charge is 0.227 e. The van der Waals surface area contributed by atoms with E-state index in [0.29, 0.717) is 11.5 Å². The van der Waals surface area contributed by atoms with Crippen molar-refractivity contribution in [1.29, 1.82) is 5.26 Å². The molecule has 0 saturated heterocycles. The van der Waals surface area contributed by atoms with Gasteiger partial charge in [-0.15, -0.1) is 0 Å². The number of aryl methyl sites for hydroxylation is 1. The second-order valence-corrected chi connectivity index (χ2v) is 4.76. The van der Waals surface area contributed by atoms with Crippen molar-refractivity contribution >= 4 is 11.6 Å². The zero-order chi connectivity index (χ0) is 12.4. The van der Waals surface area contributed by atoms with Crippen molar-refractivity contribution in [2.24, 2.45) is 11.8 Å². The molecule has 1 unspecified atom stereocenters. The van der Waals surface area contributed by atoms with Crippen LogP contribution in [0.15, 0.2) is 18.2 Å². The molecule has 3 heteroatoms. The molecule has 1 aliphatic carbocycles. The highest BCUT2D eigenvalue weighted by molar-refractivity contribution is 5.93. The standard InChI is InChI=1S/C14H16N2O/c1-9-3-4-11(8-15)7-13(9)16-14(17)10(2)12-5-6-12/h3-4,7,10,12H,5-6H2,1-2H3,(H,16,17). The largest absolute Gasteiger partial charge is 0.326 e. The molecule has 0 radical (unpaired) electrons. The Labute approximate surface area is 101 Å². The summed E-state index contributed by atoms with van der Waals surface area (Å²) in [6, 6.07) is 7.43. The summed E-state index contributed by atoms with van der Waals surface area (Å²) in [5.41, 5.74) is 2.31. The van der Waals surface area contributed by atoms with E-state index in [0.717, 1.165) is 24.1 Å². The SMILES string of the molecule is Cc1ccc(C#N)cc1NC(=O)C(C)C1CC1. The van der Waals surface area contributed by atoms with Crippen LogP contribution in [-0.2, 0) is 4.79 Å². The number of nitrogens with zero attached hydrogens (tertiary/aromatic N) is 1. The lowest BCUT2D eigenvalue weighted by molar-refractivity contribution is -0.119. The number of anilines is 1. The molecule has 0 heterocycles. The Hall–Kier alpha value is -1.82. The number of hydrogen-bond acceptors (Lipinski definition) is 2. The summed E-state index contributed by atoms with van der Waals surface area (Å²) >= 11 is 0. The van der Waals surface area contributed by atoms with E-state index in [4.69, 9.17) is 5.26 Å². The summed E-state index contributed by atoms with van der Waals surface area (Å²) in [4.78, 5) is 12.0. The molecule has 1 aliphatic rings. The highest BCUT2D eigenvalue weighted by Crippen LogP contribution is 2.37. The molecule has 1 saturated carbocycles. The summed E-state index contributed by atoms with van der Waals surface area (Å²) in [6.07, 6.45) is 2.32. The van der Waals surface area contributed by atoms with Crippen molar-refractivity contribution in [3.05, 3.63) is 29.3 Å². The third-order valence-corrected chi connectivity index (χ3v) is 3.37. The summed E-state index contributed by atoms with van der Waals surface area (Å²) < 4.78 is 0. The van der Waals surface area contributed by atoms with E-state index in [1.54, 1.807) is 12.1 Å². The van der Waals surface area contributed by atoms with Gasteiger partial charge in [0.2, 0.25) is 5.91 Å². The minimum Gasteiger partial charge on any atom is -0.326 e. The molecule has 1 aromatic carbocycles. The Balaban J connectivity index is 2.12. The number of carbonyl (C=O) groups excluding carboxylic acids is 1. The van der Waals surface area contributed by atoms with Crippen LogP contribution in [-0.4, -0.2) is 5.91 Å². The van der Waals surface area contributed by atoms with Crippen LogP contribution in [0.4, 0.5) is 5.69 Å². The zero-order valence-corrected chi connectivity index (χ0v) is 10.2. The first-order chi connectivity index (χ1) is 8.11. The molecule has 1 fully saturated rings. The normalized spacial score (nSPS) is 16.1. The average molecular weight is 228 g/mol. The second-order valence-electron chi connectivity index (χ2n) is 4.76. The Morgan fingerprint density at radius 2 is 2.24 bits per heavy atom. The van der Waals surface area contributed by atoms with Gasteiger partial charge in [-0.2, -0.15) is 5.26 Å². The second kappa shape index (κ2) is 4.58. The topological polar surface area (TPSA) is 52.9 Å². The molecule has 0 bridgehead atoms. The quantitative estimate of drug-likeness (QED) is 0.864. The van der Waals surface area contributed by atoms with Gasteiger partial charge in [0.1, 0.15) is 0 Å². The van der Waals surface area contributed by atoms with Crippen molar-refractivity contribution in [2.75, 3.05) is 5.32 Å². The molecule has 3 nitrogen and oxygen atoms in total. The van der Waals surface area contributed by atoms with Crippen LogP contribution < -0.4 is 5.32 Å². The van der Waals surface area contributed by atoms with Crippen molar-refractivity contribution in [2.45, 2.75) is 26.7 Å². The van der Waals surface area contributed by atoms with Gasteiger partial charge in [0.25, 0.3) is 0 Å². The number of hydrogen-bond donors (Lipinski definition) is 1. The van der Waals surface area contributed by atoms with Crippen molar-refractivity contribution in [3.8, 4) is 6.07 Å². The van der Waals surface area contributed by atoms with E-state index in [2.05, 4.69) is 11.4 Å². The summed E-state index contributed by atoms with van der Waals surface area (Å²) in [7, 11) is 0. The van der Waals surface area contributed by atoms with Gasteiger partial charge in [0, 0.05) is 11.6 Å². The highest BCUT2D eigenvalue weighted by Gasteiger charge is 2.32. The van der Waals surface area contributed by atoms with Crippen LogP contribution in [0, 0.1) is 30.1 Å². The van der Waals surface area contributed by atoms with E-state index in [9.17, 15) is 4.79 Å². The minimum atomic E-state index is 0.0608. The van der Waals surface area contributed by atoms with E-state index in [1.165, 1.54) is 0 Å². The van der Waals surface area contributed by atoms with E-state index >= 15 is 0 Å². The van der Waals surface area contributed by atoms with Gasteiger partial charge in [-0.1, -0.05) is 13.0 Å². The molecule has 17 heavy (non-hydrogen) atoms. The van der Waals surface area contributed by atoms with Gasteiger partial charge in [0.05, 0.1) is 11.6 Å². The lowest BCUT2D eigenvalue weighted by atomic mass is 10.0. The minimum absolute atomic E-state index is 0.0608. The molecule has 1 N–H and O–H groups in total. The zero-order valence-electron chi connectivity index (χ0n) is 10.2. The lowest BCUT2D eigenvalue weighted by Crippen LogP contribution is -2.22. The van der Waals surface area contributed by atoms with Crippen LogP contribution >= 0.6 is 0 Å².